The summed E-state index contributed by atoms with van der Waals surface area (Å²) in [6.45, 7) is 12.2. The van der Waals surface area contributed by atoms with E-state index in [0.717, 1.165) is 23.1 Å². The number of hydrogen-bond donors (Lipinski definition) is 0. The molecule has 0 amide bonds. The van der Waals surface area contributed by atoms with E-state index < -0.39 is 0 Å². The fourth-order valence-corrected chi connectivity index (χ4v) is 1.67. The molecule has 1 rings (SSSR count). The summed E-state index contributed by atoms with van der Waals surface area (Å²) in [4.78, 5) is 0. The molecule has 0 N–H and O–H groups in total. The fraction of sp³-hybridized carbons (Fsp3) is 0.158. The molecule has 1 aromatic carbocycles. The zero-order valence-corrected chi connectivity index (χ0v) is 11.9. The molecule has 0 aromatic heterocycles. The maximum absolute atomic E-state index is 4.07. The van der Waals surface area contributed by atoms with Gasteiger partial charge in [0.1, 0.15) is 0 Å². The third kappa shape index (κ3) is 5.39. The summed E-state index contributed by atoms with van der Waals surface area (Å²) in [5.74, 6) is 0. The zero-order valence-electron chi connectivity index (χ0n) is 11.9. The summed E-state index contributed by atoms with van der Waals surface area (Å²) in [6, 6.07) is 10.2. The predicted octanol–water partition coefficient (Wildman–Crippen LogP) is 5.72. The lowest BCUT2D eigenvalue weighted by molar-refractivity contribution is 1.30. The molecule has 0 aliphatic rings. The smallest absolute Gasteiger partial charge is 0.0160 e. The van der Waals surface area contributed by atoms with Crippen LogP contribution in [0.3, 0.4) is 0 Å². The van der Waals surface area contributed by atoms with Crippen molar-refractivity contribution in [1.29, 1.82) is 0 Å². The molecule has 0 radical (unpaired) electrons. The lowest BCUT2D eigenvalue weighted by Gasteiger charge is -2.00. The van der Waals surface area contributed by atoms with Crippen molar-refractivity contribution in [2.75, 3.05) is 0 Å². The third-order valence-electron chi connectivity index (χ3n) is 2.90. The highest BCUT2D eigenvalue weighted by Gasteiger charge is 1.92. The van der Waals surface area contributed by atoms with Crippen molar-refractivity contribution in [3.05, 3.63) is 90.6 Å². The summed E-state index contributed by atoms with van der Waals surface area (Å²) in [5.41, 5.74) is 4.49. The number of hydrogen-bond acceptors (Lipinski definition) is 0. The van der Waals surface area contributed by atoms with E-state index in [2.05, 4.69) is 50.4 Å². The molecule has 0 bridgehead atoms. The largest absolute Gasteiger partial charge is 0.0915 e. The van der Waals surface area contributed by atoms with Gasteiger partial charge in [0.05, 0.1) is 0 Å². The van der Waals surface area contributed by atoms with Gasteiger partial charge in [0.15, 0.2) is 0 Å². The monoisotopic (exact) mass is 250 g/mol. The van der Waals surface area contributed by atoms with Crippen molar-refractivity contribution < 1.29 is 0 Å². The molecule has 0 heteroatoms. The van der Waals surface area contributed by atoms with Gasteiger partial charge in [-0.3, -0.25) is 0 Å². The standard InChI is InChI=1S/C19H22/c1-5-11-16(2)17(3)12-9-10-13-18(4)19-14-7-6-8-15-19/h5-8,10-15H,2,4,9H2,1,3H3/b11-5-,13-10+,17-12+. The molecule has 0 saturated carbocycles. The Balaban J connectivity index is 2.53. The van der Waals surface area contributed by atoms with Gasteiger partial charge in [-0.05, 0) is 42.6 Å². The van der Waals surface area contributed by atoms with Crippen LogP contribution in [0.1, 0.15) is 25.8 Å². The molecular formula is C19H22. The zero-order chi connectivity index (χ0) is 14.1. The van der Waals surface area contributed by atoms with Crippen LogP contribution in [0.25, 0.3) is 5.57 Å². The van der Waals surface area contributed by atoms with Crippen LogP contribution in [-0.4, -0.2) is 0 Å². The summed E-state index contributed by atoms with van der Waals surface area (Å²) >= 11 is 0. The van der Waals surface area contributed by atoms with Crippen molar-refractivity contribution in [1.82, 2.24) is 0 Å². The lowest BCUT2D eigenvalue weighted by atomic mass is 10.1. The number of allylic oxidation sites excluding steroid dienone is 8. The van der Waals surface area contributed by atoms with Gasteiger partial charge in [-0.25, -0.2) is 0 Å². The molecule has 0 aliphatic heterocycles. The first-order chi connectivity index (χ1) is 9.15. The van der Waals surface area contributed by atoms with Crippen LogP contribution in [0, 0.1) is 0 Å². The van der Waals surface area contributed by atoms with E-state index in [9.17, 15) is 0 Å². The quantitative estimate of drug-likeness (QED) is 0.566. The molecule has 0 unspecified atom stereocenters. The predicted molar refractivity (Wildman–Crippen MR) is 86.9 cm³/mol. The number of rotatable bonds is 6. The van der Waals surface area contributed by atoms with E-state index in [4.69, 9.17) is 0 Å². The minimum Gasteiger partial charge on any atom is -0.0915 e. The molecule has 0 spiro atoms. The van der Waals surface area contributed by atoms with Crippen LogP contribution >= 0.6 is 0 Å². The van der Waals surface area contributed by atoms with Gasteiger partial charge in [-0.15, -0.1) is 0 Å². The van der Waals surface area contributed by atoms with Gasteiger partial charge in [0, 0.05) is 0 Å². The minimum absolute atomic E-state index is 0.897. The fourth-order valence-electron chi connectivity index (χ4n) is 1.67. The lowest BCUT2D eigenvalue weighted by Crippen LogP contribution is -1.79. The molecule has 0 atom stereocenters. The van der Waals surface area contributed by atoms with Gasteiger partial charge < -0.3 is 0 Å². The van der Waals surface area contributed by atoms with E-state index in [1.807, 2.05) is 37.3 Å². The molecule has 0 fully saturated rings. The molecule has 0 saturated heterocycles. The van der Waals surface area contributed by atoms with E-state index in [1.165, 1.54) is 5.57 Å². The van der Waals surface area contributed by atoms with Crippen molar-refractivity contribution >= 4 is 5.57 Å². The van der Waals surface area contributed by atoms with Crippen molar-refractivity contribution in [3.8, 4) is 0 Å². The first-order valence-corrected chi connectivity index (χ1v) is 6.54. The molecule has 0 nitrogen and oxygen atoms in total. The van der Waals surface area contributed by atoms with Crippen LogP contribution in [0.15, 0.2) is 85.0 Å². The van der Waals surface area contributed by atoms with Crippen LogP contribution in [0.5, 0.6) is 0 Å². The normalized spacial score (nSPS) is 12.2. The SMILES string of the molecule is C=C(/C=C\C)/C(C)=C/C/C=C/C(=C)c1ccccc1. The second kappa shape index (κ2) is 8.10. The number of benzene rings is 1. The Hall–Kier alpha value is -2.08. The summed E-state index contributed by atoms with van der Waals surface area (Å²) in [5, 5.41) is 0. The summed E-state index contributed by atoms with van der Waals surface area (Å²) < 4.78 is 0. The van der Waals surface area contributed by atoms with E-state index >= 15 is 0 Å². The topological polar surface area (TPSA) is 0 Å². The van der Waals surface area contributed by atoms with Crippen molar-refractivity contribution in [3.63, 3.8) is 0 Å². The molecule has 1 aromatic rings. The molecule has 0 aliphatic carbocycles. The maximum Gasteiger partial charge on any atom is -0.0160 e. The minimum atomic E-state index is 0.897. The first kappa shape index (κ1) is 15.0. The Labute approximate surface area is 117 Å². The average molecular weight is 250 g/mol. The molecular weight excluding hydrogens is 228 g/mol. The van der Waals surface area contributed by atoms with E-state index in [-0.39, 0.29) is 0 Å². The van der Waals surface area contributed by atoms with Crippen molar-refractivity contribution in [2.24, 2.45) is 0 Å². The van der Waals surface area contributed by atoms with Crippen LogP contribution in [0.4, 0.5) is 0 Å². The second-order valence-electron chi connectivity index (χ2n) is 4.44. The average Bonchev–Trinajstić information content (AvgIpc) is 2.44. The first-order valence-electron chi connectivity index (χ1n) is 6.54. The Kier molecular flexibility index (Phi) is 6.38. The van der Waals surface area contributed by atoms with Gasteiger partial charge >= 0.3 is 0 Å². The maximum atomic E-state index is 4.07. The molecule has 19 heavy (non-hydrogen) atoms. The van der Waals surface area contributed by atoms with E-state index in [1.54, 1.807) is 0 Å². The third-order valence-corrected chi connectivity index (χ3v) is 2.90. The Morgan fingerprint density at radius 1 is 1.11 bits per heavy atom. The van der Waals surface area contributed by atoms with Crippen LogP contribution < -0.4 is 0 Å². The van der Waals surface area contributed by atoms with Crippen molar-refractivity contribution in [2.45, 2.75) is 20.3 Å². The Morgan fingerprint density at radius 2 is 1.79 bits per heavy atom. The Morgan fingerprint density at radius 3 is 2.42 bits per heavy atom. The highest BCUT2D eigenvalue weighted by Crippen LogP contribution is 2.14. The highest BCUT2D eigenvalue weighted by molar-refractivity contribution is 5.71. The Bertz CT molecular complexity index is 510. The summed E-state index contributed by atoms with van der Waals surface area (Å²) in [6.07, 6.45) is 11.3. The van der Waals surface area contributed by atoms with Crippen LogP contribution in [0.2, 0.25) is 0 Å². The molecule has 0 heterocycles. The van der Waals surface area contributed by atoms with E-state index in [0.29, 0.717) is 0 Å². The van der Waals surface area contributed by atoms with Gasteiger partial charge in [0.25, 0.3) is 0 Å². The van der Waals surface area contributed by atoms with Crippen LogP contribution in [-0.2, 0) is 0 Å². The molecule has 98 valence electrons. The van der Waals surface area contributed by atoms with Gasteiger partial charge in [-0.2, -0.15) is 0 Å². The van der Waals surface area contributed by atoms with Gasteiger partial charge in [0.2, 0.25) is 0 Å². The van der Waals surface area contributed by atoms with Gasteiger partial charge in [-0.1, -0.05) is 73.9 Å². The second-order valence-corrected chi connectivity index (χ2v) is 4.44. The summed E-state index contributed by atoms with van der Waals surface area (Å²) in [7, 11) is 0. The highest BCUT2D eigenvalue weighted by atomic mass is 14.0.